The summed E-state index contributed by atoms with van der Waals surface area (Å²) in [4.78, 5) is 15.5. The van der Waals surface area contributed by atoms with Gasteiger partial charge in [-0.2, -0.15) is 0 Å². The highest BCUT2D eigenvalue weighted by Crippen LogP contribution is 2.20. The molecule has 0 aliphatic carbocycles. The SMILES string of the molecule is O=C(Nc1ccc(NS(=O)(=O)c2ccc(F)c(F)c2)cc1)c1ccccn1. The number of pyridine rings is 1. The monoisotopic (exact) mass is 389 g/mol. The molecule has 1 amide bonds. The molecular formula is C18H13F2N3O3S. The van der Waals surface area contributed by atoms with Crippen molar-refractivity contribution < 1.29 is 22.0 Å². The highest BCUT2D eigenvalue weighted by atomic mass is 32.2. The van der Waals surface area contributed by atoms with Gasteiger partial charge in [-0.3, -0.25) is 14.5 Å². The van der Waals surface area contributed by atoms with Crippen LogP contribution >= 0.6 is 0 Å². The van der Waals surface area contributed by atoms with Gasteiger partial charge in [0.1, 0.15) is 5.69 Å². The van der Waals surface area contributed by atoms with Crippen molar-refractivity contribution in [3.05, 3.63) is 84.2 Å². The lowest BCUT2D eigenvalue weighted by molar-refractivity contribution is 0.102. The molecule has 0 saturated carbocycles. The minimum Gasteiger partial charge on any atom is -0.321 e. The van der Waals surface area contributed by atoms with Gasteiger partial charge in [-0.25, -0.2) is 17.2 Å². The van der Waals surface area contributed by atoms with Crippen LogP contribution in [0.15, 0.2) is 71.8 Å². The van der Waals surface area contributed by atoms with Gasteiger partial charge in [-0.05, 0) is 54.6 Å². The second kappa shape index (κ2) is 7.50. The van der Waals surface area contributed by atoms with Crippen molar-refractivity contribution in [1.29, 1.82) is 0 Å². The molecular weight excluding hydrogens is 376 g/mol. The van der Waals surface area contributed by atoms with E-state index in [4.69, 9.17) is 0 Å². The van der Waals surface area contributed by atoms with Crippen molar-refractivity contribution in [1.82, 2.24) is 4.98 Å². The van der Waals surface area contributed by atoms with Crippen molar-refractivity contribution in [3.8, 4) is 0 Å². The molecule has 0 bridgehead atoms. The van der Waals surface area contributed by atoms with Crippen LogP contribution in [-0.2, 0) is 10.0 Å². The second-order valence-corrected chi connectivity index (χ2v) is 7.11. The number of nitrogens with zero attached hydrogens (tertiary/aromatic N) is 1. The maximum atomic E-state index is 13.3. The number of hydrogen-bond donors (Lipinski definition) is 2. The molecule has 1 aromatic heterocycles. The minimum atomic E-state index is -4.09. The van der Waals surface area contributed by atoms with Crippen LogP contribution in [0.1, 0.15) is 10.5 Å². The third kappa shape index (κ3) is 4.45. The molecule has 0 fully saturated rings. The number of carbonyl (C=O) groups is 1. The Hall–Kier alpha value is -3.33. The molecule has 0 atom stereocenters. The fraction of sp³-hybridized carbons (Fsp3) is 0. The van der Waals surface area contributed by atoms with Gasteiger partial charge in [0.25, 0.3) is 15.9 Å². The molecule has 1 heterocycles. The van der Waals surface area contributed by atoms with Crippen LogP contribution in [0.3, 0.4) is 0 Å². The Labute approximate surface area is 153 Å². The molecule has 0 spiro atoms. The van der Waals surface area contributed by atoms with E-state index in [1.54, 1.807) is 18.2 Å². The first-order chi connectivity index (χ1) is 12.8. The lowest BCUT2D eigenvalue weighted by Gasteiger charge is -2.10. The first-order valence-electron chi connectivity index (χ1n) is 7.65. The number of nitrogens with one attached hydrogen (secondary N) is 2. The molecule has 2 N–H and O–H groups in total. The fourth-order valence-electron chi connectivity index (χ4n) is 2.17. The largest absolute Gasteiger partial charge is 0.321 e. The number of benzene rings is 2. The summed E-state index contributed by atoms with van der Waals surface area (Å²) in [6, 6.07) is 13.0. The van der Waals surface area contributed by atoms with Crippen LogP contribution in [0.25, 0.3) is 0 Å². The number of halogens is 2. The van der Waals surface area contributed by atoms with Gasteiger partial charge in [0, 0.05) is 17.6 Å². The predicted molar refractivity (Wildman–Crippen MR) is 95.8 cm³/mol. The summed E-state index contributed by atoms with van der Waals surface area (Å²) in [5, 5.41) is 2.62. The quantitative estimate of drug-likeness (QED) is 0.700. The summed E-state index contributed by atoms with van der Waals surface area (Å²) in [7, 11) is -4.09. The zero-order valence-corrected chi connectivity index (χ0v) is 14.5. The van der Waals surface area contributed by atoms with Crippen molar-refractivity contribution in [3.63, 3.8) is 0 Å². The number of amides is 1. The molecule has 0 unspecified atom stereocenters. The minimum absolute atomic E-state index is 0.190. The smallest absolute Gasteiger partial charge is 0.274 e. The number of aromatic nitrogens is 1. The normalized spacial score (nSPS) is 11.0. The van der Waals surface area contributed by atoms with E-state index in [-0.39, 0.29) is 11.4 Å². The molecule has 6 nitrogen and oxygen atoms in total. The van der Waals surface area contributed by atoms with E-state index in [1.807, 2.05) is 0 Å². The molecule has 3 rings (SSSR count). The van der Waals surface area contributed by atoms with E-state index < -0.39 is 32.5 Å². The van der Waals surface area contributed by atoms with E-state index in [1.165, 1.54) is 30.5 Å². The molecule has 0 aliphatic rings. The molecule has 27 heavy (non-hydrogen) atoms. The average molecular weight is 389 g/mol. The Bertz CT molecular complexity index is 1070. The van der Waals surface area contributed by atoms with E-state index in [2.05, 4.69) is 15.0 Å². The van der Waals surface area contributed by atoms with Crippen molar-refractivity contribution in [2.75, 3.05) is 10.0 Å². The number of carbonyl (C=O) groups excluding carboxylic acids is 1. The topological polar surface area (TPSA) is 88.2 Å². The standard InChI is InChI=1S/C18H13F2N3O3S/c19-15-9-8-14(11-16(15)20)27(25,26)23-13-6-4-12(5-7-13)22-18(24)17-3-1-2-10-21-17/h1-11,23H,(H,22,24). The molecule has 3 aromatic rings. The Morgan fingerprint density at radius 3 is 2.22 bits per heavy atom. The van der Waals surface area contributed by atoms with Gasteiger partial charge in [-0.1, -0.05) is 6.07 Å². The van der Waals surface area contributed by atoms with Crippen LogP contribution in [-0.4, -0.2) is 19.3 Å². The third-order valence-electron chi connectivity index (χ3n) is 3.49. The maximum absolute atomic E-state index is 13.3. The van der Waals surface area contributed by atoms with Crippen LogP contribution < -0.4 is 10.0 Å². The lowest BCUT2D eigenvalue weighted by Crippen LogP contribution is -2.14. The maximum Gasteiger partial charge on any atom is 0.274 e. The van der Waals surface area contributed by atoms with Crippen molar-refractivity contribution >= 4 is 27.3 Å². The summed E-state index contributed by atoms with van der Waals surface area (Å²) in [6.45, 7) is 0. The van der Waals surface area contributed by atoms with Gasteiger partial charge in [0.2, 0.25) is 0 Å². The van der Waals surface area contributed by atoms with Gasteiger partial charge < -0.3 is 5.32 Å². The van der Waals surface area contributed by atoms with Crippen molar-refractivity contribution in [2.45, 2.75) is 4.90 Å². The lowest BCUT2D eigenvalue weighted by atomic mass is 10.2. The fourth-order valence-corrected chi connectivity index (χ4v) is 3.24. The first-order valence-corrected chi connectivity index (χ1v) is 9.14. The zero-order chi connectivity index (χ0) is 19.4. The predicted octanol–water partition coefficient (Wildman–Crippen LogP) is 3.41. The van der Waals surface area contributed by atoms with E-state index in [9.17, 15) is 22.0 Å². The second-order valence-electron chi connectivity index (χ2n) is 5.43. The van der Waals surface area contributed by atoms with E-state index >= 15 is 0 Å². The van der Waals surface area contributed by atoms with Gasteiger partial charge in [0.05, 0.1) is 4.90 Å². The van der Waals surface area contributed by atoms with Gasteiger partial charge in [-0.15, -0.1) is 0 Å². The van der Waals surface area contributed by atoms with Crippen LogP contribution in [0.4, 0.5) is 20.2 Å². The molecule has 9 heteroatoms. The Morgan fingerprint density at radius 2 is 1.59 bits per heavy atom. The Kier molecular flexibility index (Phi) is 5.13. The summed E-state index contributed by atoms with van der Waals surface area (Å²) in [5.74, 6) is -2.81. The zero-order valence-electron chi connectivity index (χ0n) is 13.7. The molecule has 138 valence electrons. The third-order valence-corrected chi connectivity index (χ3v) is 4.87. The summed E-state index contributed by atoms with van der Waals surface area (Å²) in [6.07, 6.45) is 1.49. The molecule has 0 saturated heterocycles. The number of rotatable bonds is 5. The molecule has 0 radical (unpaired) electrons. The molecule has 0 aliphatic heterocycles. The van der Waals surface area contributed by atoms with Crippen LogP contribution in [0.2, 0.25) is 0 Å². The summed E-state index contributed by atoms with van der Waals surface area (Å²) in [5.41, 5.74) is 0.859. The summed E-state index contributed by atoms with van der Waals surface area (Å²) < 4.78 is 52.9. The summed E-state index contributed by atoms with van der Waals surface area (Å²) >= 11 is 0. The Morgan fingerprint density at radius 1 is 0.889 bits per heavy atom. The van der Waals surface area contributed by atoms with Crippen LogP contribution in [0.5, 0.6) is 0 Å². The molecule has 2 aromatic carbocycles. The number of anilines is 2. The highest BCUT2D eigenvalue weighted by molar-refractivity contribution is 7.92. The van der Waals surface area contributed by atoms with Crippen LogP contribution in [0, 0.1) is 11.6 Å². The highest BCUT2D eigenvalue weighted by Gasteiger charge is 2.17. The van der Waals surface area contributed by atoms with E-state index in [0.29, 0.717) is 11.8 Å². The van der Waals surface area contributed by atoms with Crippen molar-refractivity contribution in [2.24, 2.45) is 0 Å². The average Bonchev–Trinajstić information content (AvgIpc) is 2.66. The van der Waals surface area contributed by atoms with Gasteiger partial charge >= 0.3 is 0 Å². The van der Waals surface area contributed by atoms with Gasteiger partial charge in [0.15, 0.2) is 11.6 Å². The Balaban J connectivity index is 1.71. The first kappa shape index (κ1) is 18.5. The van der Waals surface area contributed by atoms with E-state index in [0.717, 1.165) is 12.1 Å². The number of sulfonamides is 1. The number of hydrogen-bond acceptors (Lipinski definition) is 4.